The average Bonchev–Trinajstić information content (AvgIpc) is 3.06. The first kappa shape index (κ1) is 17.7. The van der Waals surface area contributed by atoms with Gasteiger partial charge in [0.25, 0.3) is 0 Å². The summed E-state index contributed by atoms with van der Waals surface area (Å²) >= 11 is 0. The summed E-state index contributed by atoms with van der Waals surface area (Å²) in [5.74, 6) is -0.496. The zero-order valence-electron chi connectivity index (χ0n) is 14.4. The fourth-order valence-electron chi connectivity index (χ4n) is 3.19. The standard InChI is InChI=1S/C16H21N3O5S/c1-4-19-10-11(7-15(19)20)9-17(2)25(22,23)12-5-6-14-13(8-12)18(3)16(21)24-14/h5-6,8,11H,4,7,9-10H2,1-3H3. The minimum atomic E-state index is -3.72. The Morgan fingerprint density at radius 2 is 2.04 bits per heavy atom. The van der Waals surface area contributed by atoms with Gasteiger partial charge in [-0.2, -0.15) is 0 Å². The van der Waals surface area contributed by atoms with E-state index >= 15 is 0 Å². The number of fused-ring (bicyclic) bond motifs is 1. The molecule has 2 aromatic rings. The van der Waals surface area contributed by atoms with Gasteiger partial charge in [-0.15, -0.1) is 0 Å². The molecule has 136 valence electrons. The number of aryl methyl sites for hydroxylation is 1. The first-order valence-electron chi connectivity index (χ1n) is 8.07. The summed E-state index contributed by atoms with van der Waals surface area (Å²) in [5, 5.41) is 0. The number of benzene rings is 1. The quantitative estimate of drug-likeness (QED) is 0.772. The molecule has 9 heteroatoms. The number of oxazole rings is 1. The van der Waals surface area contributed by atoms with Crippen molar-refractivity contribution < 1.29 is 17.6 Å². The molecule has 25 heavy (non-hydrogen) atoms. The maximum atomic E-state index is 12.8. The van der Waals surface area contributed by atoms with Crippen LogP contribution in [-0.2, 0) is 21.9 Å². The third-order valence-corrected chi connectivity index (χ3v) is 6.48. The van der Waals surface area contributed by atoms with Crippen LogP contribution in [0.2, 0.25) is 0 Å². The van der Waals surface area contributed by atoms with E-state index in [0.717, 1.165) is 0 Å². The Morgan fingerprint density at radius 3 is 2.68 bits per heavy atom. The summed E-state index contributed by atoms with van der Waals surface area (Å²) in [6.07, 6.45) is 0.364. The Labute approximate surface area is 145 Å². The van der Waals surface area contributed by atoms with Crippen LogP contribution < -0.4 is 5.76 Å². The van der Waals surface area contributed by atoms with E-state index in [4.69, 9.17) is 4.42 Å². The molecule has 3 rings (SSSR count). The molecule has 1 aromatic heterocycles. The summed E-state index contributed by atoms with van der Waals surface area (Å²) in [4.78, 5) is 25.2. The molecule has 0 radical (unpaired) electrons. The van der Waals surface area contributed by atoms with Gasteiger partial charge in [-0.05, 0) is 31.0 Å². The largest absolute Gasteiger partial charge is 0.419 e. The number of rotatable bonds is 5. The number of hydrogen-bond donors (Lipinski definition) is 0. The van der Waals surface area contributed by atoms with Crippen LogP contribution in [0.3, 0.4) is 0 Å². The van der Waals surface area contributed by atoms with Gasteiger partial charge in [-0.1, -0.05) is 0 Å². The number of carbonyl (C=O) groups is 1. The number of amides is 1. The molecule has 0 aliphatic carbocycles. The first-order valence-corrected chi connectivity index (χ1v) is 9.51. The molecule has 1 unspecified atom stereocenters. The van der Waals surface area contributed by atoms with Crippen LogP contribution in [0.25, 0.3) is 11.1 Å². The Balaban J connectivity index is 1.84. The summed E-state index contributed by atoms with van der Waals surface area (Å²) in [7, 11) is -0.688. The third kappa shape index (κ3) is 3.09. The number of sulfonamides is 1. The van der Waals surface area contributed by atoms with E-state index in [9.17, 15) is 18.0 Å². The van der Waals surface area contributed by atoms with E-state index < -0.39 is 15.8 Å². The highest BCUT2D eigenvalue weighted by molar-refractivity contribution is 7.89. The van der Waals surface area contributed by atoms with Crippen LogP contribution in [0.1, 0.15) is 13.3 Å². The molecule has 0 spiro atoms. The molecule has 0 bridgehead atoms. The van der Waals surface area contributed by atoms with Crippen molar-refractivity contribution in [3.05, 3.63) is 28.7 Å². The highest BCUT2D eigenvalue weighted by Gasteiger charge is 2.32. The summed E-state index contributed by atoms with van der Waals surface area (Å²) in [6, 6.07) is 4.34. The van der Waals surface area contributed by atoms with Gasteiger partial charge in [0, 0.05) is 40.2 Å². The van der Waals surface area contributed by atoms with Crippen molar-refractivity contribution in [3.63, 3.8) is 0 Å². The van der Waals surface area contributed by atoms with Crippen LogP contribution in [0.4, 0.5) is 0 Å². The monoisotopic (exact) mass is 367 g/mol. The van der Waals surface area contributed by atoms with Gasteiger partial charge in [0.05, 0.1) is 10.4 Å². The Kier molecular flexibility index (Phi) is 4.46. The molecule has 1 aromatic carbocycles. The molecule has 1 aliphatic heterocycles. The minimum absolute atomic E-state index is 0.0192. The summed E-state index contributed by atoms with van der Waals surface area (Å²) in [6.45, 7) is 3.39. The number of nitrogens with zero attached hydrogens (tertiary/aromatic N) is 3. The smallest absolute Gasteiger partial charge is 0.408 e. The van der Waals surface area contributed by atoms with Gasteiger partial charge >= 0.3 is 5.76 Å². The highest BCUT2D eigenvalue weighted by Crippen LogP contribution is 2.24. The molecule has 1 aliphatic rings. The van der Waals surface area contributed by atoms with Crippen molar-refractivity contribution in [2.45, 2.75) is 18.2 Å². The predicted octanol–water partition coefficient (Wildman–Crippen LogP) is 0.620. The van der Waals surface area contributed by atoms with Gasteiger partial charge in [-0.25, -0.2) is 17.5 Å². The van der Waals surface area contributed by atoms with Crippen LogP contribution >= 0.6 is 0 Å². The molecular formula is C16H21N3O5S. The van der Waals surface area contributed by atoms with Gasteiger partial charge < -0.3 is 9.32 Å². The zero-order valence-corrected chi connectivity index (χ0v) is 15.2. The van der Waals surface area contributed by atoms with Crippen molar-refractivity contribution in [1.82, 2.24) is 13.8 Å². The molecule has 1 saturated heterocycles. The van der Waals surface area contributed by atoms with Crippen molar-refractivity contribution >= 4 is 27.0 Å². The van der Waals surface area contributed by atoms with E-state index in [0.29, 0.717) is 30.6 Å². The normalized spacial score (nSPS) is 18.6. The lowest BCUT2D eigenvalue weighted by Crippen LogP contribution is -2.33. The summed E-state index contributed by atoms with van der Waals surface area (Å²) < 4.78 is 33.2. The van der Waals surface area contributed by atoms with Crippen LogP contribution in [0.5, 0.6) is 0 Å². The van der Waals surface area contributed by atoms with Crippen LogP contribution in [0, 0.1) is 5.92 Å². The van der Waals surface area contributed by atoms with Crippen molar-refractivity contribution in [2.24, 2.45) is 13.0 Å². The van der Waals surface area contributed by atoms with Crippen molar-refractivity contribution in [2.75, 3.05) is 26.7 Å². The maximum Gasteiger partial charge on any atom is 0.419 e. The minimum Gasteiger partial charge on any atom is -0.408 e. The topological polar surface area (TPSA) is 92.8 Å². The van der Waals surface area contributed by atoms with Crippen molar-refractivity contribution in [3.8, 4) is 0 Å². The van der Waals surface area contributed by atoms with Crippen LogP contribution in [0.15, 0.2) is 32.3 Å². The molecule has 1 amide bonds. The Hall–Kier alpha value is -2.13. The number of hydrogen-bond acceptors (Lipinski definition) is 5. The van der Waals surface area contributed by atoms with E-state index in [-0.39, 0.29) is 23.3 Å². The van der Waals surface area contributed by atoms with Crippen molar-refractivity contribution in [1.29, 1.82) is 0 Å². The second kappa shape index (κ2) is 6.30. The molecule has 1 fully saturated rings. The van der Waals surface area contributed by atoms with Gasteiger partial charge in [0.15, 0.2) is 5.58 Å². The molecule has 1 atom stereocenters. The van der Waals surface area contributed by atoms with Gasteiger partial charge in [-0.3, -0.25) is 9.36 Å². The van der Waals surface area contributed by atoms with Gasteiger partial charge in [0.2, 0.25) is 15.9 Å². The molecule has 2 heterocycles. The second-order valence-corrected chi connectivity index (χ2v) is 8.39. The zero-order chi connectivity index (χ0) is 18.4. The molecule has 0 N–H and O–H groups in total. The summed E-state index contributed by atoms with van der Waals surface area (Å²) in [5.41, 5.74) is 0.766. The highest BCUT2D eigenvalue weighted by atomic mass is 32.2. The Bertz CT molecular complexity index is 975. The fourth-order valence-corrected chi connectivity index (χ4v) is 4.46. The first-order chi connectivity index (χ1) is 11.7. The predicted molar refractivity (Wildman–Crippen MR) is 91.6 cm³/mol. The molecule has 8 nitrogen and oxygen atoms in total. The lowest BCUT2D eigenvalue weighted by molar-refractivity contribution is -0.127. The lowest BCUT2D eigenvalue weighted by Gasteiger charge is -2.21. The van der Waals surface area contributed by atoms with E-state index in [1.54, 1.807) is 4.90 Å². The number of carbonyl (C=O) groups excluding carboxylic acids is 1. The van der Waals surface area contributed by atoms with E-state index in [1.807, 2.05) is 6.92 Å². The maximum absolute atomic E-state index is 12.8. The molecular weight excluding hydrogens is 346 g/mol. The number of likely N-dealkylation sites (tertiary alicyclic amines) is 1. The van der Waals surface area contributed by atoms with E-state index in [2.05, 4.69) is 0 Å². The SMILES string of the molecule is CCN1CC(CN(C)S(=O)(=O)c2ccc3oc(=O)n(C)c3c2)CC1=O. The van der Waals surface area contributed by atoms with E-state index in [1.165, 1.54) is 41.2 Å². The van der Waals surface area contributed by atoms with Gasteiger partial charge in [0.1, 0.15) is 0 Å². The van der Waals surface area contributed by atoms with Crippen LogP contribution in [-0.4, -0.2) is 54.8 Å². The number of aromatic nitrogens is 1. The average molecular weight is 367 g/mol. The molecule has 0 saturated carbocycles. The Morgan fingerprint density at radius 1 is 1.32 bits per heavy atom. The third-order valence-electron chi connectivity index (χ3n) is 4.66. The fraction of sp³-hybridized carbons (Fsp3) is 0.500. The second-order valence-electron chi connectivity index (χ2n) is 6.34. The lowest BCUT2D eigenvalue weighted by atomic mass is 10.1.